The van der Waals surface area contributed by atoms with Gasteiger partial charge >= 0.3 is 0 Å². The van der Waals surface area contributed by atoms with Gasteiger partial charge in [0.1, 0.15) is 12.1 Å². The Labute approximate surface area is 120 Å². The van der Waals surface area contributed by atoms with Gasteiger partial charge in [0.15, 0.2) is 0 Å². The van der Waals surface area contributed by atoms with Gasteiger partial charge in [-0.05, 0) is 40.8 Å². The van der Waals surface area contributed by atoms with Crippen LogP contribution < -0.4 is 5.32 Å². The average Bonchev–Trinajstić information content (AvgIpc) is 3.19. The van der Waals surface area contributed by atoms with E-state index in [1.54, 1.807) is 12.3 Å². The molecule has 7 nitrogen and oxygen atoms in total. The smallest absolute Gasteiger partial charge is 0.224 e. The molecule has 3 rings (SSSR count). The number of hydrogen-bond acceptors (Lipinski definition) is 5. The number of rotatable bonds is 5. The van der Waals surface area contributed by atoms with Gasteiger partial charge < -0.3 is 9.73 Å². The number of aromatic nitrogens is 4. The van der Waals surface area contributed by atoms with Crippen LogP contribution in [-0.4, -0.2) is 26.1 Å². The van der Waals surface area contributed by atoms with Gasteiger partial charge in [-0.25, -0.2) is 4.68 Å². The molecule has 0 saturated heterocycles. The lowest BCUT2D eigenvalue weighted by Gasteiger charge is -2.06. The van der Waals surface area contributed by atoms with Crippen molar-refractivity contribution in [3.63, 3.8) is 0 Å². The van der Waals surface area contributed by atoms with Crippen LogP contribution in [0.25, 0.3) is 5.69 Å². The van der Waals surface area contributed by atoms with Crippen molar-refractivity contribution in [1.82, 2.24) is 20.2 Å². The number of nitrogens with zero attached hydrogens (tertiary/aromatic N) is 4. The van der Waals surface area contributed by atoms with Gasteiger partial charge in [-0.1, -0.05) is 6.07 Å². The zero-order valence-corrected chi connectivity index (χ0v) is 11.1. The van der Waals surface area contributed by atoms with Crippen LogP contribution in [0.2, 0.25) is 0 Å². The fraction of sp³-hybridized carbons (Fsp3) is 0.143. The summed E-state index contributed by atoms with van der Waals surface area (Å²) in [4.78, 5) is 11.9. The predicted molar refractivity (Wildman–Crippen MR) is 74.8 cm³/mol. The van der Waals surface area contributed by atoms with Gasteiger partial charge in [0.05, 0.1) is 12.0 Å². The lowest BCUT2D eigenvalue weighted by atomic mass is 10.2. The molecule has 1 N–H and O–H groups in total. The van der Waals surface area contributed by atoms with E-state index in [2.05, 4.69) is 20.8 Å². The molecule has 0 aliphatic carbocycles. The molecule has 3 aromatic rings. The zero-order valence-electron chi connectivity index (χ0n) is 11.1. The van der Waals surface area contributed by atoms with E-state index in [1.165, 1.54) is 11.0 Å². The van der Waals surface area contributed by atoms with Crippen LogP contribution in [-0.2, 0) is 11.2 Å². The van der Waals surface area contributed by atoms with Crippen molar-refractivity contribution in [2.45, 2.75) is 12.8 Å². The number of furan rings is 1. The number of carbonyl (C=O) groups is 1. The standard InChI is InChI=1S/C14H13N5O2/c20-14(7-6-13-5-2-8-21-13)16-11-3-1-4-12(9-11)19-10-15-17-18-19/h1-5,8-10H,6-7H2,(H,16,20). The second-order valence-corrected chi connectivity index (χ2v) is 4.43. The lowest BCUT2D eigenvalue weighted by molar-refractivity contribution is -0.116. The first-order valence-electron chi connectivity index (χ1n) is 6.47. The Bertz CT molecular complexity index is 707. The van der Waals surface area contributed by atoms with Crippen molar-refractivity contribution >= 4 is 11.6 Å². The van der Waals surface area contributed by atoms with Crippen LogP contribution in [0.1, 0.15) is 12.2 Å². The Morgan fingerprint density at radius 1 is 1.29 bits per heavy atom. The maximum absolute atomic E-state index is 11.9. The van der Waals surface area contributed by atoms with Crippen molar-refractivity contribution < 1.29 is 9.21 Å². The van der Waals surface area contributed by atoms with Crippen LogP contribution >= 0.6 is 0 Å². The summed E-state index contributed by atoms with van der Waals surface area (Å²) in [6.45, 7) is 0. The van der Waals surface area contributed by atoms with E-state index in [4.69, 9.17) is 4.42 Å². The molecular formula is C14H13N5O2. The molecule has 0 bridgehead atoms. The average molecular weight is 283 g/mol. The van der Waals surface area contributed by atoms with E-state index in [-0.39, 0.29) is 5.91 Å². The quantitative estimate of drug-likeness (QED) is 0.772. The first-order valence-corrected chi connectivity index (χ1v) is 6.47. The summed E-state index contributed by atoms with van der Waals surface area (Å²) in [6, 6.07) is 11.0. The van der Waals surface area contributed by atoms with Crippen molar-refractivity contribution in [3.05, 3.63) is 54.7 Å². The van der Waals surface area contributed by atoms with Gasteiger partial charge in [-0.3, -0.25) is 4.79 Å². The molecule has 0 atom stereocenters. The summed E-state index contributed by atoms with van der Waals surface area (Å²) in [5.41, 5.74) is 1.48. The number of tetrazole rings is 1. The molecule has 21 heavy (non-hydrogen) atoms. The summed E-state index contributed by atoms with van der Waals surface area (Å²) in [5, 5.41) is 13.8. The minimum atomic E-state index is -0.0692. The number of amides is 1. The molecule has 1 aromatic carbocycles. The van der Waals surface area contributed by atoms with E-state index in [9.17, 15) is 4.79 Å². The first-order chi connectivity index (χ1) is 10.3. The van der Waals surface area contributed by atoms with Gasteiger partial charge in [-0.2, -0.15) is 0 Å². The number of benzene rings is 1. The highest BCUT2D eigenvalue weighted by Crippen LogP contribution is 2.14. The van der Waals surface area contributed by atoms with Gasteiger partial charge in [0, 0.05) is 18.5 Å². The molecule has 0 aliphatic heterocycles. The van der Waals surface area contributed by atoms with Crippen molar-refractivity contribution in [2.24, 2.45) is 0 Å². The summed E-state index contributed by atoms with van der Waals surface area (Å²) in [5.74, 6) is 0.729. The Balaban J connectivity index is 1.62. The molecule has 0 fully saturated rings. The second-order valence-electron chi connectivity index (χ2n) is 4.43. The van der Waals surface area contributed by atoms with Crippen molar-refractivity contribution in [3.8, 4) is 5.69 Å². The normalized spacial score (nSPS) is 10.5. The monoisotopic (exact) mass is 283 g/mol. The molecule has 0 spiro atoms. The van der Waals surface area contributed by atoms with Crippen LogP contribution in [0.4, 0.5) is 5.69 Å². The van der Waals surface area contributed by atoms with Crippen molar-refractivity contribution in [1.29, 1.82) is 0 Å². The fourth-order valence-electron chi connectivity index (χ4n) is 1.92. The molecular weight excluding hydrogens is 270 g/mol. The summed E-state index contributed by atoms with van der Waals surface area (Å²) < 4.78 is 6.72. The number of nitrogens with one attached hydrogen (secondary N) is 1. The number of anilines is 1. The summed E-state index contributed by atoms with van der Waals surface area (Å²) in [7, 11) is 0. The highest BCUT2D eigenvalue weighted by molar-refractivity contribution is 5.91. The highest BCUT2D eigenvalue weighted by Gasteiger charge is 2.06. The number of carbonyl (C=O) groups excluding carboxylic acids is 1. The predicted octanol–water partition coefficient (Wildman–Crippen LogP) is 1.83. The lowest BCUT2D eigenvalue weighted by Crippen LogP contribution is -2.12. The van der Waals surface area contributed by atoms with E-state index >= 15 is 0 Å². The zero-order chi connectivity index (χ0) is 14.5. The van der Waals surface area contributed by atoms with E-state index < -0.39 is 0 Å². The van der Waals surface area contributed by atoms with Gasteiger partial charge in [-0.15, -0.1) is 5.10 Å². The maximum atomic E-state index is 11.9. The van der Waals surface area contributed by atoms with Crippen LogP contribution in [0.5, 0.6) is 0 Å². The fourth-order valence-corrected chi connectivity index (χ4v) is 1.92. The second kappa shape index (κ2) is 6.00. The van der Waals surface area contributed by atoms with Crippen LogP contribution in [0.15, 0.2) is 53.4 Å². The molecule has 0 saturated carbocycles. The van der Waals surface area contributed by atoms with Crippen molar-refractivity contribution in [2.75, 3.05) is 5.32 Å². The van der Waals surface area contributed by atoms with E-state index in [1.807, 2.05) is 30.3 Å². The van der Waals surface area contributed by atoms with Gasteiger partial charge in [0.2, 0.25) is 5.91 Å². The largest absolute Gasteiger partial charge is 0.469 e. The number of aryl methyl sites for hydroxylation is 1. The molecule has 0 aliphatic rings. The molecule has 7 heteroatoms. The third-order valence-corrected chi connectivity index (χ3v) is 2.92. The van der Waals surface area contributed by atoms with Crippen LogP contribution in [0.3, 0.4) is 0 Å². The van der Waals surface area contributed by atoms with Crippen LogP contribution in [0, 0.1) is 0 Å². The Morgan fingerprint density at radius 3 is 3.00 bits per heavy atom. The molecule has 2 aromatic heterocycles. The molecule has 0 unspecified atom stereocenters. The Kier molecular flexibility index (Phi) is 3.72. The molecule has 2 heterocycles. The highest BCUT2D eigenvalue weighted by atomic mass is 16.3. The first kappa shape index (κ1) is 13.0. The topological polar surface area (TPSA) is 85.8 Å². The third kappa shape index (κ3) is 3.33. The van der Waals surface area contributed by atoms with E-state index in [0.29, 0.717) is 18.5 Å². The SMILES string of the molecule is O=C(CCc1ccco1)Nc1cccc(-n2cnnn2)c1. The molecule has 106 valence electrons. The minimum Gasteiger partial charge on any atom is -0.469 e. The minimum absolute atomic E-state index is 0.0692. The summed E-state index contributed by atoms with van der Waals surface area (Å²) >= 11 is 0. The maximum Gasteiger partial charge on any atom is 0.224 e. The Morgan fingerprint density at radius 2 is 2.24 bits per heavy atom. The van der Waals surface area contributed by atoms with E-state index in [0.717, 1.165) is 11.4 Å². The summed E-state index contributed by atoms with van der Waals surface area (Å²) in [6.07, 6.45) is 4.04. The molecule has 1 amide bonds. The Hall–Kier alpha value is -2.96. The van der Waals surface area contributed by atoms with Gasteiger partial charge in [0.25, 0.3) is 0 Å². The number of hydrogen-bond donors (Lipinski definition) is 1. The third-order valence-electron chi connectivity index (χ3n) is 2.92. The molecule has 0 radical (unpaired) electrons.